The van der Waals surface area contributed by atoms with E-state index in [0.29, 0.717) is 24.6 Å². The van der Waals surface area contributed by atoms with E-state index in [4.69, 9.17) is 5.73 Å². The molecule has 0 saturated carbocycles. The van der Waals surface area contributed by atoms with Gasteiger partial charge in [0.15, 0.2) is 0 Å². The largest absolute Gasteiger partial charge is 0.382 e. The molecule has 2 aromatic heterocycles. The van der Waals surface area contributed by atoms with Crippen molar-refractivity contribution < 1.29 is 0 Å². The van der Waals surface area contributed by atoms with E-state index in [-0.39, 0.29) is 5.69 Å². The number of rotatable bonds is 3. The number of nitrogen functional groups attached to an aromatic ring is 1. The van der Waals surface area contributed by atoms with E-state index < -0.39 is 0 Å². The van der Waals surface area contributed by atoms with Gasteiger partial charge in [0.2, 0.25) is 0 Å². The summed E-state index contributed by atoms with van der Waals surface area (Å²) in [6.07, 6.45) is 6.55. The summed E-state index contributed by atoms with van der Waals surface area (Å²) in [5.41, 5.74) is 6.10. The maximum Gasteiger partial charge on any atom is 0.328 e. The lowest BCUT2D eigenvalue weighted by Crippen LogP contribution is -2.24. The minimum Gasteiger partial charge on any atom is -0.382 e. The molecule has 0 fully saturated rings. The summed E-state index contributed by atoms with van der Waals surface area (Å²) in [5, 5.41) is 0. The number of hydrogen-bond donors (Lipinski definition) is 1. The SMILES string of the molecule is CCn1ccn(Cc2cnc(N)cn2)c1=O. The molecule has 0 aliphatic rings. The number of anilines is 1. The molecule has 0 bridgehead atoms. The average Bonchev–Trinajstić information content (AvgIpc) is 2.63. The van der Waals surface area contributed by atoms with E-state index in [9.17, 15) is 4.79 Å². The van der Waals surface area contributed by atoms with Crippen LogP contribution in [0.1, 0.15) is 12.6 Å². The minimum absolute atomic E-state index is 0.0406. The third kappa shape index (κ3) is 1.95. The van der Waals surface area contributed by atoms with Crippen molar-refractivity contribution in [3.05, 3.63) is 41.0 Å². The van der Waals surface area contributed by atoms with Crippen molar-refractivity contribution in [3.63, 3.8) is 0 Å². The first-order valence-corrected chi connectivity index (χ1v) is 5.02. The number of aryl methyl sites for hydroxylation is 1. The smallest absolute Gasteiger partial charge is 0.328 e. The van der Waals surface area contributed by atoms with Crippen molar-refractivity contribution >= 4 is 5.82 Å². The Balaban J connectivity index is 2.24. The van der Waals surface area contributed by atoms with E-state index >= 15 is 0 Å². The molecule has 0 unspecified atom stereocenters. The summed E-state index contributed by atoms with van der Waals surface area (Å²) in [5.74, 6) is 0.377. The lowest BCUT2D eigenvalue weighted by Gasteiger charge is -2.00. The van der Waals surface area contributed by atoms with Gasteiger partial charge in [-0.05, 0) is 6.92 Å². The van der Waals surface area contributed by atoms with Gasteiger partial charge in [-0.25, -0.2) is 9.78 Å². The second kappa shape index (κ2) is 4.18. The molecule has 0 radical (unpaired) electrons. The standard InChI is InChI=1S/C10H13N5O/c1-2-14-3-4-15(10(14)16)7-8-5-13-9(11)6-12-8/h3-6H,2,7H2,1H3,(H2,11,13). The minimum atomic E-state index is -0.0406. The Labute approximate surface area is 92.4 Å². The number of aromatic nitrogens is 4. The zero-order valence-electron chi connectivity index (χ0n) is 9.00. The third-order valence-electron chi connectivity index (χ3n) is 2.32. The zero-order chi connectivity index (χ0) is 11.5. The van der Waals surface area contributed by atoms with Crippen molar-refractivity contribution in [1.82, 2.24) is 19.1 Å². The quantitative estimate of drug-likeness (QED) is 0.793. The van der Waals surface area contributed by atoms with Gasteiger partial charge in [0.1, 0.15) is 5.82 Å². The number of hydrogen-bond acceptors (Lipinski definition) is 4. The van der Waals surface area contributed by atoms with Gasteiger partial charge in [0, 0.05) is 18.9 Å². The van der Waals surface area contributed by atoms with Crippen LogP contribution in [0, 0.1) is 0 Å². The Morgan fingerprint density at radius 1 is 1.25 bits per heavy atom. The van der Waals surface area contributed by atoms with Crippen LogP contribution in [0.2, 0.25) is 0 Å². The third-order valence-corrected chi connectivity index (χ3v) is 2.32. The van der Waals surface area contributed by atoms with E-state index in [1.165, 1.54) is 6.20 Å². The molecule has 2 N–H and O–H groups in total. The lowest BCUT2D eigenvalue weighted by molar-refractivity contribution is 0.661. The Hall–Kier alpha value is -2.11. The molecule has 0 amide bonds. The van der Waals surface area contributed by atoms with Gasteiger partial charge in [-0.15, -0.1) is 0 Å². The molecule has 0 saturated heterocycles. The van der Waals surface area contributed by atoms with Crippen LogP contribution in [-0.4, -0.2) is 19.1 Å². The highest BCUT2D eigenvalue weighted by Gasteiger charge is 2.03. The first-order chi connectivity index (χ1) is 7.70. The monoisotopic (exact) mass is 219 g/mol. The van der Waals surface area contributed by atoms with Gasteiger partial charge in [0.05, 0.1) is 24.6 Å². The topological polar surface area (TPSA) is 78.7 Å². The number of imidazole rings is 1. The van der Waals surface area contributed by atoms with Crippen LogP contribution >= 0.6 is 0 Å². The van der Waals surface area contributed by atoms with E-state index in [1.807, 2.05) is 6.92 Å². The summed E-state index contributed by atoms with van der Waals surface area (Å²) in [4.78, 5) is 19.7. The molecule has 0 aliphatic carbocycles. The Morgan fingerprint density at radius 3 is 2.56 bits per heavy atom. The van der Waals surface area contributed by atoms with Crippen molar-refractivity contribution in [2.24, 2.45) is 0 Å². The Morgan fingerprint density at radius 2 is 2.00 bits per heavy atom. The second-order valence-electron chi connectivity index (χ2n) is 3.43. The second-order valence-corrected chi connectivity index (χ2v) is 3.43. The fourth-order valence-electron chi connectivity index (χ4n) is 1.44. The van der Waals surface area contributed by atoms with Gasteiger partial charge < -0.3 is 5.73 Å². The molecule has 84 valence electrons. The normalized spacial score (nSPS) is 10.6. The summed E-state index contributed by atoms with van der Waals surface area (Å²) in [6, 6.07) is 0. The molecule has 0 spiro atoms. The lowest BCUT2D eigenvalue weighted by atomic mass is 10.4. The summed E-state index contributed by atoms with van der Waals surface area (Å²) >= 11 is 0. The van der Waals surface area contributed by atoms with Gasteiger partial charge >= 0.3 is 5.69 Å². The molecule has 16 heavy (non-hydrogen) atoms. The highest BCUT2D eigenvalue weighted by Crippen LogP contribution is 1.98. The van der Waals surface area contributed by atoms with Crippen LogP contribution in [0.3, 0.4) is 0 Å². The summed E-state index contributed by atoms with van der Waals surface area (Å²) < 4.78 is 3.22. The first-order valence-electron chi connectivity index (χ1n) is 5.02. The van der Waals surface area contributed by atoms with Crippen LogP contribution in [0.4, 0.5) is 5.82 Å². The molecular weight excluding hydrogens is 206 g/mol. The van der Waals surface area contributed by atoms with Crippen molar-refractivity contribution in [3.8, 4) is 0 Å². The molecule has 0 atom stereocenters. The fraction of sp³-hybridized carbons (Fsp3) is 0.300. The van der Waals surface area contributed by atoms with Crippen molar-refractivity contribution in [2.75, 3.05) is 5.73 Å². The molecule has 6 heteroatoms. The Kier molecular flexibility index (Phi) is 2.72. The fourth-order valence-corrected chi connectivity index (χ4v) is 1.44. The molecule has 2 aromatic rings. The van der Waals surface area contributed by atoms with Crippen molar-refractivity contribution in [1.29, 1.82) is 0 Å². The van der Waals surface area contributed by atoms with Crippen LogP contribution < -0.4 is 11.4 Å². The maximum absolute atomic E-state index is 11.7. The van der Waals surface area contributed by atoms with Gasteiger partial charge in [-0.2, -0.15) is 0 Å². The predicted molar refractivity (Wildman–Crippen MR) is 59.9 cm³/mol. The Bertz CT molecular complexity index is 525. The van der Waals surface area contributed by atoms with E-state index in [0.717, 1.165) is 0 Å². The molecule has 2 rings (SSSR count). The first kappa shape index (κ1) is 10.4. The van der Waals surface area contributed by atoms with Gasteiger partial charge in [-0.3, -0.25) is 14.1 Å². The molecular formula is C10H13N5O. The van der Waals surface area contributed by atoms with E-state index in [1.54, 1.807) is 27.7 Å². The number of nitrogens with zero attached hydrogens (tertiary/aromatic N) is 4. The van der Waals surface area contributed by atoms with Crippen molar-refractivity contribution in [2.45, 2.75) is 20.0 Å². The summed E-state index contributed by atoms with van der Waals surface area (Å²) in [7, 11) is 0. The van der Waals surface area contributed by atoms with Crippen LogP contribution in [0.5, 0.6) is 0 Å². The molecule has 6 nitrogen and oxygen atoms in total. The zero-order valence-corrected chi connectivity index (χ0v) is 9.00. The average molecular weight is 219 g/mol. The molecule has 0 aliphatic heterocycles. The molecule has 2 heterocycles. The highest BCUT2D eigenvalue weighted by molar-refractivity contribution is 5.22. The van der Waals surface area contributed by atoms with Crippen LogP contribution in [0.15, 0.2) is 29.6 Å². The predicted octanol–water partition coefficient (Wildman–Crippen LogP) is 0.0902. The highest BCUT2D eigenvalue weighted by atomic mass is 16.1. The van der Waals surface area contributed by atoms with Gasteiger partial charge in [-0.1, -0.05) is 0 Å². The molecule has 0 aromatic carbocycles. The van der Waals surface area contributed by atoms with Gasteiger partial charge in [0.25, 0.3) is 0 Å². The van der Waals surface area contributed by atoms with Crippen LogP contribution in [0.25, 0.3) is 0 Å². The maximum atomic E-state index is 11.7. The van der Waals surface area contributed by atoms with E-state index in [2.05, 4.69) is 9.97 Å². The summed E-state index contributed by atoms with van der Waals surface area (Å²) in [6.45, 7) is 3.01. The number of nitrogens with two attached hydrogens (primary N) is 1. The van der Waals surface area contributed by atoms with Crippen LogP contribution in [-0.2, 0) is 13.1 Å².